The van der Waals surface area contributed by atoms with Crippen molar-refractivity contribution in [1.29, 1.82) is 0 Å². The van der Waals surface area contributed by atoms with Crippen LogP contribution in [0.5, 0.6) is 0 Å². The number of aliphatic hydroxyl groups excluding tert-OH is 1. The largest absolute Gasteiger partial charge is 0.393 e. The molecule has 0 unspecified atom stereocenters. The lowest BCUT2D eigenvalue weighted by molar-refractivity contribution is -0.268. The average molecular weight is 445 g/mol. The molecule has 0 spiro atoms. The van der Waals surface area contributed by atoms with E-state index in [-0.39, 0.29) is 22.3 Å². The van der Waals surface area contributed by atoms with Crippen molar-refractivity contribution in [2.75, 3.05) is 0 Å². The van der Waals surface area contributed by atoms with Gasteiger partial charge in [0.05, 0.1) is 11.7 Å². The van der Waals surface area contributed by atoms with Crippen molar-refractivity contribution >= 4 is 0 Å². The first-order valence-corrected chi connectivity index (χ1v) is 14.0. The van der Waals surface area contributed by atoms with Gasteiger partial charge in [-0.15, -0.1) is 0 Å². The molecule has 2 nitrogen and oxygen atoms in total. The Hall–Kier alpha value is -0.0800. The van der Waals surface area contributed by atoms with E-state index >= 15 is 0 Å². The molecule has 0 aliphatic heterocycles. The van der Waals surface area contributed by atoms with Gasteiger partial charge in [0.25, 0.3) is 0 Å². The number of fused-ring (bicyclic) bond motifs is 7. The van der Waals surface area contributed by atoms with Crippen LogP contribution in [0.4, 0.5) is 0 Å². The number of hydrogen-bond acceptors (Lipinski definition) is 2. The highest BCUT2D eigenvalue weighted by Gasteiger charge is 2.72. The van der Waals surface area contributed by atoms with Gasteiger partial charge >= 0.3 is 0 Å². The average Bonchev–Trinajstić information content (AvgIpc) is 2.98. The van der Waals surface area contributed by atoms with Crippen molar-refractivity contribution in [1.82, 2.24) is 0 Å². The lowest BCUT2D eigenvalue weighted by Gasteiger charge is -2.73. The third-order valence-corrected chi connectivity index (χ3v) is 13.5. The fourth-order valence-electron chi connectivity index (χ4n) is 12.3. The van der Waals surface area contributed by atoms with Gasteiger partial charge in [-0.2, -0.15) is 0 Å². The van der Waals surface area contributed by atoms with Gasteiger partial charge in [-0.1, -0.05) is 48.0 Å². The molecule has 0 saturated heterocycles. The van der Waals surface area contributed by atoms with Gasteiger partial charge in [0, 0.05) is 0 Å². The molecule has 32 heavy (non-hydrogen) atoms. The highest BCUT2D eigenvalue weighted by molar-refractivity contribution is 5.20. The Kier molecular flexibility index (Phi) is 5.01. The monoisotopic (exact) mass is 444 g/mol. The predicted molar refractivity (Wildman–Crippen MR) is 132 cm³/mol. The Bertz CT molecular complexity index is 765. The summed E-state index contributed by atoms with van der Waals surface area (Å²) in [6, 6.07) is 0. The van der Waals surface area contributed by atoms with Crippen molar-refractivity contribution in [3.05, 3.63) is 0 Å². The van der Waals surface area contributed by atoms with Crippen molar-refractivity contribution in [3.63, 3.8) is 0 Å². The molecule has 0 heterocycles. The van der Waals surface area contributed by atoms with Crippen LogP contribution in [0.3, 0.4) is 0 Å². The maximum absolute atomic E-state index is 11.8. The zero-order valence-electron chi connectivity index (χ0n) is 22.4. The lowest BCUT2D eigenvalue weighted by atomic mass is 9.31. The van der Waals surface area contributed by atoms with Crippen LogP contribution in [0.15, 0.2) is 0 Å². The molecule has 5 aliphatic rings. The SMILES string of the molecule is CC(C)(O)[C@H]1CC[C@@]2(C)[C@H]1CC[C@]1(C)[C@H]2CC[C@@H]2[C@@]3(C)CCCC(C)(C)[C@H]3[C@@H](O)C[C@]21C. The Morgan fingerprint density at radius 3 is 1.97 bits per heavy atom. The molecule has 5 saturated carbocycles. The van der Waals surface area contributed by atoms with Crippen LogP contribution < -0.4 is 0 Å². The van der Waals surface area contributed by atoms with Crippen LogP contribution in [-0.4, -0.2) is 21.9 Å². The molecule has 2 heteroatoms. The number of rotatable bonds is 1. The van der Waals surface area contributed by atoms with E-state index in [1.807, 2.05) is 0 Å². The van der Waals surface area contributed by atoms with E-state index in [1.54, 1.807) is 0 Å². The maximum Gasteiger partial charge on any atom is 0.0622 e. The third-order valence-electron chi connectivity index (χ3n) is 13.5. The van der Waals surface area contributed by atoms with Crippen LogP contribution in [0, 0.1) is 56.7 Å². The molecular formula is C30H52O2. The Balaban J connectivity index is 1.54. The minimum atomic E-state index is -0.563. The molecule has 5 rings (SSSR count). The zero-order chi connectivity index (χ0) is 23.5. The molecule has 0 aromatic carbocycles. The summed E-state index contributed by atoms with van der Waals surface area (Å²) < 4.78 is 0. The van der Waals surface area contributed by atoms with Gasteiger partial charge in [-0.05, 0) is 128 Å². The van der Waals surface area contributed by atoms with Gasteiger partial charge in [0.2, 0.25) is 0 Å². The summed E-state index contributed by atoms with van der Waals surface area (Å²) in [6.07, 6.45) is 12.5. The Morgan fingerprint density at radius 2 is 1.34 bits per heavy atom. The van der Waals surface area contributed by atoms with Crippen molar-refractivity contribution in [2.45, 2.75) is 131 Å². The maximum atomic E-state index is 11.8. The van der Waals surface area contributed by atoms with E-state index in [1.165, 1.54) is 57.8 Å². The quantitative estimate of drug-likeness (QED) is 0.448. The summed E-state index contributed by atoms with van der Waals surface area (Å²) in [5.41, 5.74) is 0.819. The molecule has 184 valence electrons. The molecule has 2 N–H and O–H groups in total. The summed E-state index contributed by atoms with van der Waals surface area (Å²) in [6.45, 7) is 19.4. The second kappa shape index (κ2) is 6.77. The molecule has 0 aromatic rings. The van der Waals surface area contributed by atoms with Gasteiger partial charge in [0.1, 0.15) is 0 Å². The molecule has 0 aromatic heterocycles. The van der Waals surface area contributed by atoms with Crippen LogP contribution >= 0.6 is 0 Å². The van der Waals surface area contributed by atoms with E-state index in [9.17, 15) is 10.2 Å². The van der Waals surface area contributed by atoms with Crippen molar-refractivity contribution in [2.24, 2.45) is 56.7 Å². The summed E-state index contributed by atoms with van der Waals surface area (Å²) >= 11 is 0. The smallest absolute Gasteiger partial charge is 0.0622 e. The summed E-state index contributed by atoms with van der Waals surface area (Å²) in [4.78, 5) is 0. The standard InChI is InChI=1S/C30H52O2/c1-25(2)14-9-15-28(6)23-11-10-22-27(5)16-12-19(26(3,4)32)20(27)13-17-29(22,7)30(23,8)18-21(31)24(25)28/h19-24,31-32H,9-18H2,1-8H3/t19-,20-,21-,22-,23+,24+,27-,28+,29+,30+/m0/s1. The minimum absolute atomic E-state index is 0.162. The summed E-state index contributed by atoms with van der Waals surface area (Å²) in [5, 5.41) is 22.8. The van der Waals surface area contributed by atoms with Gasteiger partial charge in [0.15, 0.2) is 0 Å². The zero-order valence-corrected chi connectivity index (χ0v) is 22.4. The van der Waals surface area contributed by atoms with E-state index in [0.29, 0.717) is 28.6 Å². The van der Waals surface area contributed by atoms with Gasteiger partial charge in [-0.25, -0.2) is 0 Å². The van der Waals surface area contributed by atoms with Crippen molar-refractivity contribution in [3.8, 4) is 0 Å². The normalized spacial score (nSPS) is 57.2. The second-order valence-corrected chi connectivity index (χ2v) is 15.6. The fraction of sp³-hybridized carbons (Fsp3) is 1.00. The predicted octanol–water partition coefficient (Wildman–Crippen LogP) is 7.22. The van der Waals surface area contributed by atoms with Crippen LogP contribution in [0.1, 0.15) is 120 Å². The van der Waals surface area contributed by atoms with Crippen LogP contribution in [0.25, 0.3) is 0 Å². The van der Waals surface area contributed by atoms with Crippen LogP contribution in [0.2, 0.25) is 0 Å². The van der Waals surface area contributed by atoms with Crippen LogP contribution in [-0.2, 0) is 0 Å². The van der Waals surface area contributed by atoms with E-state index in [0.717, 1.165) is 18.3 Å². The number of aliphatic hydroxyl groups is 2. The topological polar surface area (TPSA) is 40.5 Å². The molecule has 0 amide bonds. The first-order valence-electron chi connectivity index (χ1n) is 14.0. The summed E-state index contributed by atoms with van der Waals surface area (Å²) in [7, 11) is 0. The van der Waals surface area contributed by atoms with Gasteiger partial charge in [-0.3, -0.25) is 0 Å². The van der Waals surface area contributed by atoms with Crippen molar-refractivity contribution < 1.29 is 10.2 Å². The van der Waals surface area contributed by atoms with E-state index < -0.39 is 5.60 Å². The summed E-state index contributed by atoms with van der Waals surface area (Å²) in [5.74, 6) is 3.01. The minimum Gasteiger partial charge on any atom is -0.393 e. The highest BCUT2D eigenvalue weighted by atomic mass is 16.3. The second-order valence-electron chi connectivity index (χ2n) is 15.6. The van der Waals surface area contributed by atoms with E-state index in [2.05, 4.69) is 55.4 Å². The fourth-order valence-corrected chi connectivity index (χ4v) is 12.3. The highest BCUT2D eigenvalue weighted by Crippen LogP contribution is 2.78. The molecule has 0 radical (unpaired) electrons. The molecule has 0 bridgehead atoms. The number of hydrogen-bond donors (Lipinski definition) is 2. The van der Waals surface area contributed by atoms with Gasteiger partial charge < -0.3 is 10.2 Å². The Morgan fingerprint density at radius 1 is 0.719 bits per heavy atom. The lowest BCUT2D eigenvalue weighted by Crippen LogP contribution is -2.68. The molecular weight excluding hydrogens is 392 g/mol. The molecule has 5 aliphatic carbocycles. The molecule has 10 atom stereocenters. The first kappa shape index (κ1) is 23.7. The first-order chi connectivity index (χ1) is 14.6. The molecule has 5 fully saturated rings. The van der Waals surface area contributed by atoms with E-state index in [4.69, 9.17) is 0 Å². The third kappa shape index (κ3) is 2.78. The Labute approximate surface area is 198 Å².